The number of esters is 1. The van der Waals surface area contributed by atoms with Crippen LogP contribution in [0.15, 0.2) is 89.4 Å². The fraction of sp³-hybridized carbons (Fsp3) is 0.182. The number of halogens is 2. The molecular formula is C33H24BrClN2O5. The van der Waals surface area contributed by atoms with Crippen molar-refractivity contribution in [3.05, 3.63) is 106 Å². The van der Waals surface area contributed by atoms with E-state index >= 15 is 0 Å². The summed E-state index contributed by atoms with van der Waals surface area (Å²) in [6.45, 7) is 1.52. The van der Waals surface area contributed by atoms with E-state index in [2.05, 4.69) is 15.9 Å². The van der Waals surface area contributed by atoms with E-state index in [1.54, 1.807) is 60.7 Å². The van der Waals surface area contributed by atoms with E-state index in [0.717, 1.165) is 4.47 Å². The number of allylic oxidation sites excluding steroid dienone is 2. The van der Waals surface area contributed by atoms with Crippen molar-refractivity contribution in [1.29, 1.82) is 0 Å². The monoisotopic (exact) mass is 642 g/mol. The molecule has 1 aromatic heterocycles. The number of Topliss-reactive ketones (excluding diaryl/α,β-unsaturated/α-hetero) is 1. The van der Waals surface area contributed by atoms with Crippen molar-refractivity contribution in [2.75, 3.05) is 4.90 Å². The lowest BCUT2D eigenvalue weighted by Gasteiger charge is -2.16. The highest BCUT2D eigenvalue weighted by Crippen LogP contribution is 2.38. The van der Waals surface area contributed by atoms with Gasteiger partial charge in [0, 0.05) is 26.0 Å². The summed E-state index contributed by atoms with van der Waals surface area (Å²) in [5.74, 6) is -2.03. The molecular weight excluding hydrogens is 620 g/mol. The second-order valence-electron chi connectivity index (χ2n) is 10.4. The van der Waals surface area contributed by atoms with Crippen LogP contribution in [-0.4, -0.2) is 34.7 Å². The lowest BCUT2D eigenvalue weighted by molar-refractivity contribution is -0.122. The van der Waals surface area contributed by atoms with Crippen LogP contribution < -0.4 is 4.90 Å². The van der Waals surface area contributed by atoms with E-state index in [1.165, 1.54) is 17.9 Å². The Morgan fingerprint density at radius 2 is 1.64 bits per heavy atom. The molecule has 3 atom stereocenters. The summed E-state index contributed by atoms with van der Waals surface area (Å²) in [6, 6.07) is 20.4. The number of nitrogens with zero attached hydrogens (tertiary/aromatic N) is 2. The fourth-order valence-corrected chi connectivity index (χ4v) is 6.06. The summed E-state index contributed by atoms with van der Waals surface area (Å²) in [4.78, 5) is 58.4. The summed E-state index contributed by atoms with van der Waals surface area (Å²) in [7, 11) is 0. The third kappa shape index (κ3) is 5.16. The van der Waals surface area contributed by atoms with Crippen LogP contribution in [0, 0.1) is 11.8 Å². The van der Waals surface area contributed by atoms with Gasteiger partial charge in [-0.1, -0.05) is 63.9 Å². The first-order chi connectivity index (χ1) is 20.2. The number of imide groups is 1. The van der Waals surface area contributed by atoms with Gasteiger partial charge in [0.2, 0.25) is 17.6 Å². The predicted octanol–water partition coefficient (Wildman–Crippen LogP) is 7.20. The minimum Gasteiger partial charge on any atom is -0.451 e. The minimum absolute atomic E-state index is 0.178. The molecule has 0 spiro atoms. The maximum absolute atomic E-state index is 13.5. The number of pyridine rings is 1. The molecule has 2 heterocycles. The van der Waals surface area contributed by atoms with Crippen molar-refractivity contribution >= 4 is 67.7 Å². The highest BCUT2D eigenvalue weighted by molar-refractivity contribution is 9.10. The molecule has 210 valence electrons. The molecule has 1 saturated heterocycles. The number of carbonyl (C=O) groups is 4. The highest BCUT2D eigenvalue weighted by atomic mass is 79.9. The third-order valence-corrected chi connectivity index (χ3v) is 8.41. The number of carbonyl (C=O) groups excluding carboxylic acids is 4. The summed E-state index contributed by atoms with van der Waals surface area (Å²) in [5.41, 5.74) is 2.82. The normalized spacial score (nSPS) is 18.7. The van der Waals surface area contributed by atoms with Gasteiger partial charge < -0.3 is 4.74 Å². The van der Waals surface area contributed by atoms with Crippen LogP contribution in [0.4, 0.5) is 5.69 Å². The van der Waals surface area contributed by atoms with Gasteiger partial charge in [-0.3, -0.25) is 19.3 Å². The first-order valence-corrected chi connectivity index (χ1v) is 14.6. The van der Waals surface area contributed by atoms with Gasteiger partial charge in [0.25, 0.3) is 0 Å². The zero-order valence-corrected chi connectivity index (χ0v) is 24.8. The Morgan fingerprint density at radius 3 is 2.31 bits per heavy atom. The highest BCUT2D eigenvalue weighted by Gasteiger charge is 2.47. The zero-order chi connectivity index (χ0) is 29.5. The third-order valence-electron chi connectivity index (χ3n) is 7.68. The molecule has 4 aromatic rings. The number of hydrogen-bond acceptors (Lipinski definition) is 6. The Labute approximate surface area is 255 Å². The van der Waals surface area contributed by atoms with Gasteiger partial charge in [-0.05, 0) is 68.3 Å². The summed E-state index contributed by atoms with van der Waals surface area (Å²) in [6.07, 6.45) is 4.01. The number of benzene rings is 3. The summed E-state index contributed by atoms with van der Waals surface area (Å²) < 4.78 is 6.38. The Morgan fingerprint density at radius 1 is 0.952 bits per heavy atom. The van der Waals surface area contributed by atoms with Crippen molar-refractivity contribution in [2.45, 2.75) is 25.9 Å². The number of ether oxygens (including phenoxy) is 1. The fourth-order valence-electron chi connectivity index (χ4n) is 5.50. The molecule has 1 aliphatic carbocycles. The zero-order valence-electron chi connectivity index (χ0n) is 22.4. The molecule has 0 saturated carbocycles. The number of anilines is 1. The number of aromatic nitrogens is 1. The molecule has 7 nitrogen and oxygen atoms in total. The van der Waals surface area contributed by atoms with Crippen LogP contribution in [-0.2, 0) is 14.3 Å². The van der Waals surface area contributed by atoms with Gasteiger partial charge in [-0.25, -0.2) is 9.78 Å². The first-order valence-electron chi connectivity index (χ1n) is 13.5. The maximum atomic E-state index is 13.5. The summed E-state index contributed by atoms with van der Waals surface area (Å²) in [5, 5.41) is 0.968. The molecule has 0 bridgehead atoms. The Hall–Kier alpha value is -4.14. The molecule has 3 unspecified atom stereocenters. The molecule has 2 aliphatic rings. The van der Waals surface area contributed by atoms with E-state index < -0.39 is 12.1 Å². The van der Waals surface area contributed by atoms with Crippen LogP contribution >= 0.6 is 27.5 Å². The van der Waals surface area contributed by atoms with Crippen LogP contribution in [0.2, 0.25) is 5.02 Å². The van der Waals surface area contributed by atoms with Crippen LogP contribution in [0.3, 0.4) is 0 Å². The number of fused-ring (bicyclic) bond motifs is 2. The van der Waals surface area contributed by atoms with Crippen molar-refractivity contribution in [2.24, 2.45) is 11.8 Å². The molecule has 3 aromatic carbocycles. The Bertz CT molecular complexity index is 1780. The van der Waals surface area contributed by atoms with Crippen LogP contribution in [0.25, 0.3) is 22.2 Å². The topological polar surface area (TPSA) is 93.6 Å². The smallest absolute Gasteiger partial charge is 0.339 e. The molecule has 1 aliphatic heterocycles. The largest absolute Gasteiger partial charge is 0.451 e. The Balaban J connectivity index is 1.30. The summed E-state index contributed by atoms with van der Waals surface area (Å²) >= 11 is 9.48. The molecule has 42 heavy (non-hydrogen) atoms. The maximum Gasteiger partial charge on any atom is 0.339 e. The number of amides is 2. The van der Waals surface area contributed by atoms with Gasteiger partial charge >= 0.3 is 5.97 Å². The van der Waals surface area contributed by atoms with Gasteiger partial charge in [0.05, 0.1) is 34.3 Å². The van der Waals surface area contributed by atoms with E-state index in [-0.39, 0.29) is 35.0 Å². The second kappa shape index (κ2) is 11.3. The molecule has 6 rings (SSSR count). The SMILES string of the molecule is CC(OC(=O)c1cc(-c2ccc(N3C(=O)C4CC=CCC4C3=O)cc2)nc2ccc(Br)cc12)C(=O)c1cccc(Cl)c1. The van der Waals surface area contributed by atoms with Crippen molar-refractivity contribution in [3.63, 3.8) is 0 Å². The van der Waals surface area contributed by atoms with Gasteiger partial charge in [-0.2, -0.15) is 0 Å². The van der Waals surface area contributed by atoms with E-state index in [0.29, 0.717) is 51.3 Å². The molecule has 0 N–H and O–H groups in total. The Kier molecular flexibility index (Phi) is 7.51. The number of ketones is 1. The van der Waals surface area contributed by atoms with Crippen LogP contribution in [0.1, 0.15) is 40.5 Å². The van der Waals surface area contributed by atoms with Gasteiger partial charge in [0.15, 0.2) is 6.10 Å². The standard InChI is InChI=1S/C33H24BrClN2O5/c1-18(30(38)20-5-4-6-22(35)15-20)42-33(41)27-17-29(36-28-14-11-21(34)16-26(27)28)19-9-12-23(13-10-19)37-31(39)24-7-2-3-8-25(24)32(37)40/h2-6,9-18,24-25H,7-8H2,1H3. The van der Waals surface area contributed by atoms with Crippen molar-refractivity contribution in [3.8, 4) is 11.3 Å². The van der Waals surface area contributed by atoms with Crippen LogP contribution in [0.5, 0.6) is 0 Å². The number of rotatable bonds is 6. The first kappa shape index (κ1) is 28.0. The molecule has 1 fully saturated rings. The lowest BCUT2D eigenvalue weighted by Crippen LogP contribution is -2.30. The van der Waals surface area contributed by atoms with Gasteiger partial charge in [-0.15, -0.1) is 0 Å². The average Bonchev–Trinajstić information content (AvgIpc) is 3.25. The second-order valence-corrected chi connectivity index (χ2v) is 11.7. The predicted molar refractivity (Wildman–Crippen MR) is 163 cm³/mol. The van der Waals surface area contributed by atoms with Crippen molar-refractivity contribution in [1.82, 2.24) is 4.98 Å². The van der Waals surface area contributed by atoms with E-state index in [1.807, 2.05) is 18.2 Å². The number of hydrogen-bond donors (Lipinski definition) is 0. The molecule has 0 radical (unpaired) electrons. The van der Waals surface area contributed by atoms with E-state index in [9.17, 15) is 19.2 Å². The molecule has 2 amide bonds. The van der Waals surface area contributed by atoms with Gasteiger partial charge in [0.1, 0.15) is 0 Å². The quantitative estimate of drug-likeness (QED) is 0.0955. The van der Waals surface area contributed by atoms with Crippen molar-refractivity contribution < 1.29 is 23.9 Å². The molecule has 9 heteroatoms. The average molecular weight is 644 g/mol. The lowest BCUT2D eigenvalue weighted by atomic mass is 9.85. The minimum atomic E-state index is -1.05. The van der Waals surface area contributed by atoms with E-state index in [4.69, 9.17) is 21.3 Å².